The molecule has 1 fully saturated rings. The van der Waals surface area contributed by atoms with Crippen LogP contribution in [0, 0.1) is 11.8 Å². The van der Waals surface area contributed by atoms with Gasteiger partial charge in [0.15, 0.2) is 0 Å². The van der Waals surface area contributed by atoms with Crippen molar-refractivity contribution in [1.82, 2.24) is 10.2 Å². The summed E-state index contributed by atoms with van der Waals surface area (Å²) in [6.45, 7) is 8.56. The van der Waals surface area contributed by atoms with Gasteiger partial charge in [-0.1, -0.05) is 6.92 Å². The standard InChI is InChI=1S/C13H26N2O.ClH/c1-10(2)15(4)13(16)8-11(3)12-6-5-7-14-9-12;/h10-12,14H,5-9H2,1-4H3;1H. The monoisotopic (exact) mass is 262 g/mol. The van der Waals surface area contributed by atoms with Crippen molar-refractivity contribution >= 4 is 18.3 Å². The van der Waals surface area contributed by atoms with Crippen molar-refractivity contribution in [2.75, 3.05) is 20.1 Å². The highest BCUT2D eigenvalue weighted by atomic mass is 35.5. The van der Waals surface area contributed by atoms with E-state index in [4.69, 9.17) is 0 Å². The van der Waals surface area contributed by atoms with E-state index in [0.717, 1.165) is 13.1 Å². The molecule has 1 amide bonds. The summed E-state index contributed by atoms with van der Waals surface area (Å²) in [7, 11) is 1.90. The molecular formula is C13H27ClN2O. The van der Waals surface area contributed by atoms with Crippen LogP contribution in [0.5, 0.6) is 0 Å². The number of amides is 1. The molecule has 3 nitrogen and oxygen atoms in total. The fourth-order valence-corrected chi connectivity index (χ4v) is 2.24. The molecule has 0 radical (unpaired) electrons. The number of halogens is 1. The molecule has 0 aromatic heterocycles. The van der Waals surface area contributed by atoms with Crippen LogP contribution in [0.25, 0.3) is 0 Å². The van der Waals surface area contributed by atoms with E-state index in [-0.39, 0.29) is 18.3 Å². The first-order valence-corrected chi connectivity index (χ1v) is 6.48. The zero-order chi connectivity index (χ0) is 12.1. The molecule has 1 rings (SSSR count). The Morgan fingerprint density at radius 1 is 1.41 bits per heavy atom. The van der Waals surface area contributed by atoms with Crippen molar-refractivity contribution in [2.24, 2.45) is 11.8 Å². The lowest BCUT2D eigenvalue weighted by Crippen LogP contribution is -2.38. The minimum atomic E-state index is 0. The van der Waals surface area contributed by atoms with Crippen LogP contribution >= 0.6 is 12.4 Å². The number of hydrogen-bond donors (Lipinski definition) is 1. The summed E-state index contributed by atoms with van der Waals surface area (Å²) in [6, 6.07) is 0.309. The summed E-state index contributed by atoms with van der Waals surface area (Å²) in [5.74, 6) is 1.47. The number of rotatable bonds is 4. The van der Waals surface area contributed by atoms with Crippen LogP contribution in [0.15, 0.2) is 0 Å². The Morgan fingerprint density at radius 3 is 2.53 bits per heavy atom. The number of hydrogen-bond acceptors (Lipinski definition) is 2. The minimum absolute atomic E-state index is 0. The Labute approximate surface area is 112 Å². The summed E-state index contributed by atoms with van der Waals surface area (Å²) < 4.78 is 0. The fourth-order valence-electron chi connectivity index (χ4n) is 2.24. The molecule has 0 saturated carbocycles. The Bertz CT molecular complexity index is 227. The van der Waals surface area contributed by atoms with E-state index in [0.29, 0.717) is 24.3 Å². The number of carbonyl (C=O) groups is 1. The second-order valence-corrected chi connectivity index (χ2v) is 5.39. The first kappa shape index (κ1) is 16.7. The zero-order valence-electron chi connectivity index (χ0n) is 11.5. The van der Waals surface area contributed by atoms with Crippen molar-refractivity contribution in [3.05, 3.63) is 0 Å². The van der Waals surface area contributed by atoms with Gasteiger partial charge in [-0.05, 0) is 51.6 Å². The van der Waals surface area contributed by atoms with Crippen LogP contribution < -0.4 is 5.32 Å². The van der Waals surface area contributed by atoms with Crippen LogP contribution in [0.2, 0.25) is 0 Å². The molecule has 17 heavy (non-hydrogen) atoms. The molecule has 1 saturated heterocycles. The molecule has 2 atom stereocenters. The molecule has 0 aromatic carbocycles. The highest BCUT2D eigenvalue weighted by Crippen LogP contribution is 2.23. The highest BCUT2D eigenvalue weighted by Gasteiger charge is 2.23. The molecule has 4 heteroatoms. The van der Waals surface area contributed by atoms with Gasteiger partial charge in [-0.25, -0.2) is 0 Å². The fraction of sp³-hybridized carbons (Fsp3) is 0.923. The molecule has 1 N–H and O–H groups in total. The molecule has 0 bridgehead atoms. The van der Waals surface area contributed by atoms with Crippen LogP contribution in [0.3, 0.4) is 0 Å². The molecule has 1 aliphatic rings. The van der Waals surface area contributed by atoms with E-state index in [9.17, 15) is 4.79 Å². The van der Waals surface area contributed by atoms with Gasteiger partial charge in [0.2, 0.25) is 5.91 Å². The van der Waals surface area contributed by atoms with Gasteiger partial charge >= 0.3 is 0 Å². The van der Waals surface area contributed by atoms with Crippen molar-refractivity contribution in [3.63, 3.8) is 0 Å². The normalized spacial score (nSPS) is 21.8. The van der Waals surface area contributed by atoms with Gasteiger partial charge in [0.1, 0.15) is 0 Å². The third-order valence-corrected chi connectivity index (χ3v) is 3.80. The van der Waals surface area contributed by atoms with Gasteiger partial charge in [-0.2, -0.15) is 0 Å². The number of carbonyl (C=O) groups excluding carboxylic acids is 1. The van der Waals surface area contributed by atoms with Crippen molar-refractivity contribution in [2.45, 2.75) is 46.1 Å². The largest absolute Gasteiger partial charge is 0.343 e. The quantitative estimate of drug-likeness (QED) is 0.843. The maximum absolute atomic E-state index is 11.9. The molecule has 0 aromatic rings. The van der Waals surface area contributed by atoms with Gasteiger partial charge in [0, 0.05) is 19.5 Å². The van der Waals surface area contributed by atoms with E-state index >= 15 is 0 Å². The predicted molar refractivity (Wildman–Crippen MR) is 74.5 cm³/mol. The predicted octanol–water partition coefficient (Wildman–Crippen LogP) is 2.30. The number of nitrogens with one attached hydrogen (secondary N) is 1. The maximum atomic E-state index is 11.9. The molecule has 0 spiro atoms. The van der Waals surface area contributed by atoms with Crippen LogP contribution in [0.1, 0.15) is 40.0 Å². The average Bonchev–Trinajstić information content (AvgIpc) is 2.28. The first-order chi connectivity index (χ1) is 7.52. The number of nitrogens with zero attached hydrogens (tertiary/aromatic N) is 1. The topological polar surface area (TPSA) is 32.3 Å². The summed E-state index contributed by atoms with van der Waals surface area (Å²) in [5, 5.41) is 3.42. The Morgan fingerprint density at radius 2 is 2.06 bits per heavy atom. The molecule has 102 valence electrons. The SMILES string of the molecule is CC(CC(=O)N(C)C(C)C)C1CCCNC1.Cl. The second kappa shape index (κ2) is 7.93. The Balaban J connectivity index is 0.00000256. The molecular weight excluding hydrogens is 236 g/mol. The third kappa shape index (κ3) is 5.26. The van der Waals surface area contributed by atoms with Crippen LogP contribution in [-0.2, 0) is 4.79 Å². The molecule has 0 aliphatic carbocycles. The zero-order valence-corrected chi connectivity index (χ0v) is 12.3. The van der Waals surface area contributed by atoms with E-state index < -0.39 is 0 Å². The van der Waals surface area contributed by atoms with E-state index in [1.807, 2.05) is 11.9 Å². The summed E-state index contributed by atoms with van der Waals surface area (Å²) in [5.41, 5.74) is 0. The van der Waals surface area contributed by atoms with Crippen LogP contribution in [-0.4, -0.2) is 37.0 Å². The van der Waals surface area contributed by atoms with Gasteiger partial charge in [-0.3, -0.25) is 4.79 Å². The van der Waals surface area contributed by atoms with E-state index in [1.165, 1.54) is 12.8 Å². The van der Waals surface area contributed by atoms with E-state index in [1.54, 1.807) is 0 Å². The average molecular weight is 263 g/mol. The lowest BCUT2D eigenvalue weighted by atomic mass is 9.85. The molecule has 1 heterocycles. The third-order valence-electron chi connectivity index (χ3n) is 3.80. The first-order valence-electron chi connectivity index (χ1n) is 6.48. The van der Waals surface area contributed by atoms with Gasteiger partial charge < -0.3 is 10.2 Å². The lowest BCUT2D eigenvalue weighted by Gasteiger charge is -2.30. The summed E-state index contributed by atoms with van der Waals surface area (Å²) in [4.78, 5) is 13.8. The minimum Gasteiger partial charge on any atom is -0.343 e. The smallest absolute Gasteiger partial charge is 0.222 e. The van der Waals surface area contributed by atoms with Crippen LogP contribution in [0.4, 0.5) is 0 Å². The second-order valence-electron chi connectivity index (χ2n) is 5.39. The maximum Gasteiger partial charge on any atom is 0.222 e. The van der Waals surface area contributed by atoms with Gasteiger partial charge in [0.05, 0.1) is 0 Å². The van der Waals surface area contributed by atoms with Crippen molar-refractivity contribution in [1.29, 1.82) is 0 Å². The molecule has 1 aliphatic heterocycles. The summed E-state index contributed by atoms with van der Waals surface area (Å²) >= 11 is 0. The lowest BCUT2D eigenvalue weighted by molar-refractivity contribution is -0.132. The van der Waals surface area contributed by atoms with Crippen molar-refractivity contribution < 1.29 is 4.79 Å². The summed E-state index contributed by atoms with van der Waals surface area (Å²) in [6.07, 6.45) is 3.22. The van der Waals surface area contributed by atoms with E-state index in [2.05, 4.69) is 26.1 Å². The highest BCUT2D eigenvalue weighted by molar-refractivity contribution is 5.85. The van der Waals surface area contributed by atoms with Crippen molar-refractivity contribution in [3.8, 4) is 0 Å². The molecule has 2 unspecified atom stereocenters. The number of piperidine rings is 1. The van der Waals surface area contributed by atoms with Gasteiger partial charge in [0.25, 0.3) is 0 Å². The Kier molecular flexibility index (Phi) is 7.80. The Hall–Kier alpha value is -0.280. The van der Waals surface area contributed by atoms with Gasteiger partial charge in [-0.15, -0.1) is 12.4 Å².